The Morgan fingerprint density at radius 2 is 1.75 bits per heavy atom. The molecule has 2 aromatic carbocycles. The highest BCUT2D eigenvalue weighted by Gasteiger charge is 2.24. The van der Waals surface area contributed by atoms with Gasteiger partial charge in [0.2, 0.25) is 0 Å². The average Bonchev–Trinajstić information content (AvgIpc) is 2.74. The lowest BCUT2D eigenvalue weighted by Gasteiger charge is -2.35. The first-order valence-electron chi connectivity index (χ1n) is 9.76. The number of para-hydroxylation sites is 1. The summed E-state index contributed by atoms with van der Waals surface area (Å²) in [6.45, 7) is 6.31. The van der Waals surface area contributed by atoms with Crippen LogP contribution in [0.5, 0.6) is 5.75 Å². The van der Waals surface area contributed by atoms with Crippen LogP contribution in [-0.4, -0.2) is 55.5 Å². The highest BCUT2D eigenvalue weighted by atomic mass is 16.5. The number of likely N-dealkylation sites (N-methyl/N-ethyl adjacent to an activating group) is 1. The van der Waals surface area contributed by atoms with E-state index < -0.39 is 0 Å². The summed E-state index contributed by atoms with van der Waals surface area (Å²) in [4.78, 5) is 22.6. The standard InChI is InChI=1S/C23H25N3O2/c1-3-28-18-10-8-17(9-11-18)23(27)20-16-24-21-7-5-4-6-19(21)22(20)26-14-12-25(2)13-15-26/h4-11,16H,3,12-15H2,1-2H3. The van der Waals surface area contributed by atoms with Gasteiger partial charge in [-0.1, -0.05) is 18.2 Å². The average molecular weight is 375 g/mol. The number of fused-ring (bicyclic) bond motifs is 1. The number of hydrogen-bond donors (Lipinski definition) is 0. The lowest BCUT2D eigenvalue weighted by atomic mass is 9.99. The van der Waals surface area contributed by atoms with Gasteiger partial charge < -0.3 is 14.5 Å². The quantitative estimate of drug-likeness (QED) is 0.638. The van der Waals surface area contributed by atoms with Crippen LogP contribution in [0.2, 0.25) is 0 Å². The van der Waals surface area contributed by atoms with Gasteiger partial charge in [0.25, 0.3) is 0 Å². The Labute approximate surface area is 165 Å². The van der Waals surface area contributed by atoms with Gasteiger partial charge >= 0.3 is 0 Å². The molecule has 0 spiro atoms. The first-order valence-corrected chi connectivity index (χ1v) is 9.76. The van der Waals surface area contributed by atoms with E-state index in [-0.39, 0.29) is 5.78 Å². The van der Waals surface area contributed by atoms with Crippen LogP contribution in [0.15, 0.2) is 54.7 Å². The third-order valence-corrected chi connectivity index (χ3v) is 5.24. The highest BCUT2D eigenvalue weighted by molar-refractivity contribution is 6.16. The lowest BCUT2D eigenvalue weighted by molar-refractivity contribution is 0.103. The van der Waals surface area contributed by atoms with Gasteiger partial charge in [-0.25, -0.2) is 0 Å². The minimum absolute atomic E-state index is 0.00442. The van der Waals surface area contributed by atoms with Gasteiger partial charge in [-0.2, -0.15) is 0 Å². The van der Waals surface area contributed by atoms with E-state index in [9.17, 15) is 4.79 Å². The predicted octanol–water partition coefficient (Wildman–Crippen LogP) is 3.62. The number of pyridine rings is 1. The summed E-state index contributed by atoms with van der Waals surface area (Å²) in [6, 6.07) is 15.4. The molecule has 144 valence electrons. The van der Waals surface area contributed by atoms with E-state index in [4.69, 9.17) is 4.74 Å². The molecule has 1 aromatic heterocycles. The lowest BCUT2D eigenvalue weighted by Crippen LogP contribution is -2.45. The van der Waals surface area contributed by atoms with E-state index in [0.717, 1.165) is 48.5 Å². The van der Waals surface area contributed by atoms with Gasteiger partial charge in [-0.3, -0.25) is 9.78 Å². The van der Waals surface area contributed by atoms with Crippen LogP contribution in [0, 0.1) is 0 Å². The molecular formula is C23H25N3O2. The number of carbonyl (C=O) groups excluding carboxylic acids is 1. The summed E-state index contributed by atoms with van der Waals surface area (Å²) >= 11 is 0. The Balaban J connectivity index is 1.77. The van der Waals surface area contributed by atoms with Crippen molar-refractivity contribution in [3.8, 4) is 5.75 Å². The first-order chi connectivity index (χ1) is 13.7. The molecule has 28 heavy (non-hydrogen) atoms. The molecule has 0 saturated carbocycles. The predicted molar refractivity (Wildman–Crippen MR) is 112 cm³/mol. The zero-order valence-electron chi connectivity index (χ0n) is 16.4. The Hall–Kier alpha value is -2.92. The number of aromatic nitrogens is 1. The minimum Gasteiger partial charge on any atom is -0.494 e. The minimum atomic E-state index is -0.00442. The van der Waals surface area contributed by atoms with Gasteiger partial charge in [0, 0.05) is 43.3 Å². The zero-order chi connectivity index (χ0) is 19.5. The van der Waals surface area contributed by atoms with Crippen LogP contribution in [-0.2, 0) is 0 Å². The van der Waals surface area contributed by atoms with Crippen molar-refractivity contribution in [3.63, 3.8) is 0 Å². The molecule has 0 radical (unpaired) electrons. The van der Waals surface area contributed by atoms with E-state index in [1.165, 1.54) is 0 Å². The smallest absolute Gasteiger partial charge is 0.196 e. The molecular weight excluding hydrogens is 350 g/mol. The second kappa shape index (κ2) is 7.98. The summed E-state index contributed by atoms with van der Waals surface area (Å²) < 4.78 is 5.50. The van der Waals surface area contributed by atoms with E-state index in [1.54, 1.807) is 6.20 Å². The Bertz CT molecular complexity index is 977. The van der Waals surface area contributed by atoms with Gasteiger partial charge in [0.05, 0.1) is 23.4 Å². The summed E-state index contributed by atoms with van der Waals surface area (Å²) in [5.41, 5.74) is 3.22. The molecule has 0 N–H and O–H groups in total. The highest BCUT2D eigenvalue weighted by Crippen LogP contribution is 2.32. The molecule has 0 bridgehead atoms. The normalized spacial score (nSPS) is 15.0. The van der Waals surface area contributed by atoms with Crippen LogP contribution in [0.4, 0.5) is 5.69 Å². The maximum absolute atomic E-state index is 13.4. The fourth-order valence-electron chi connectivity index (χ4n) is 3.69. The molecule has 1 aliphatic heterocycles. The maximum atomic E-state index is 13.4. The largest absolute Gasteiger partial charge is 0.494 e. The van der Waals surface area contributed by atoms with E-state index in [1.807, 2.05) is 49.4 Å². The zero-order valence-corrected chi connectivity index (χ0v) is 16.4. The molecule has 3 aromatic rings. The number of nitrogens with zero attached hydrogens (tertiary/aromatic N) is 3. The van der Waals surface area contributed by atoms with Crippen molar-refractivity contribution in [1.29, 1.82) is 0 Å². The number of piperazine rings is 1. The van der Waals surface area contributed by atoms with Crippen LogP contribution >= 0.6 is 0 Å². The number of benzene rings is 2. The van der Waals surface area contributed by atoms with E-state index >= 15 is 0 Å². The van der Waals surface area contributed by atoms with Gasteiger partial charge in [0.15, 0.2) is 5.78 Å². The molecule has 1 fully saturated rings. The van der Waals surface area contributed by atoms with E-state index in [2.05, 4.69) is 27.9 Å². The number of anilines is 1. The summed E-state index contributed by atoms with van der Waals surface area (Å²) in [5, 5.41) is 1.03. The number of rotatable bonds is 5. The third kappa shape index (κ3) is 3.58. The fourth-order valence-corrected chi connectivity index (χ4v) is 3.69. The maximum Gasteiger partial charge on any atom is 0.196 e. The summed E-state index contributed by atoms with van der Waals surface area (Å²) in [6.07, 6.45) is 1.73. The number of ketones is 1. The van der Waals surface area contributed by atoms with Crippen LogP contribution in [0.25, 0.3) is 10.9 Å². The summed E-state index contributed by atoms with van der Waals surface area (Å²) in [7, 11) is 2.13. The van der Waals surface area contributed by atoms with Gasteiger partial charge in [-0.05, 0) is 44.3 Å². The van der Waals surface area contributed by atoms with Crippen LogP contribution < -0.4 is 9.64 Å². The van der Waals surface area contributed by atoms with Gasteiger partial charge in [0.1, 0.15) is 5.75 Å². The molecule has 0 amide bonds. The Morgan fingerprint density at radius 1 is 1.04 bits per heavy atom. The topological polar surface area (TPSA) is 45.7 Å². The number of hydrogen-bond acceptors (Lipinski definition) is 5. The van der Waals surface area contributed by atoms with Crippen molar-refractivity contribution in [2.45, 2.75) is 6.92 Å². The second-order valence-corrected chi connectivity index (χ2v) is 7.11. The molecule has 0 aliphatic carbocycles. The van der Waals surface area contributed by atoms with Crippen molar-refractivity contribution in [2.24, 2.45) is 0 Å². The molecule has 1 saturated heterocycles. The molecule has 4 rings (SSSR count). The second-order valence-electron chi connectivity index (χ2n) is 7.11. The van der Waals surface area contributed by atoms with Crippen molar-refractivity contribution in [1.82, 2.24) is 9.88 Å². The van der Waals surface area contributed by atoms with Crippen molar-refractivity contribution in [2.75, 3.05) is 44.7 Å². The van der Waals surface area contributed by atoms with Crippen molar-refractivity contribution < 1.29 is 9.53 Å². The number of ether oxygens (including phenoxy) is 1. The Morgan fingerprint density at radius 3 is 2.46 bits per heavy atom. The van der Waals surface area contributed by atoms with Gasteiger partial charge in [-0.15, -0.1) is 0 Å². The molecule has 0 atom stereocenters. The SMILES string of the molecule is CCOc1ccc(C(=O)c2cnc3ccccc3c2N2CCN(C)CC2)cc1. The molecule has 5 nitrogen and oxygen atoms in total. The molecule has 1 aliphatic rings. The monoisotopic (exact) mass is 375 g/mol. The van der Waals surface area contributed by atoms with Crippen LogP contribution in [0.1, 0.15) is 22.8 Å². The Kier molecular flexibility index (Phi) is 5.26. The molecule has 5 heteroatoms. The van der Waals surface area contributed by atoms with Crippen molar-refractivity contribution >= 4 is 22.4 Å². The first kappa shape index (κ1) is 18.4. The summed E-state index contributed by atoms with van der Waals surface area (Å²) in [5.74, 6) is 0.769. The fraction of sp³-hybridized carbons (Fsp3) is 0.304. The third-order valence-electron chi connectivity index (χ3n) is 5.24. The molecule has 2 heterocycles. The van der Waals surface area contributed by atoms with Crippen molar-refractivity contribution in [3.05, 3.63) is 65.9 Å². The van der Waals surface area contributed by atoms with E-state index in [0.29, 0.717) is 17.7 Å². The molecule has 0 unspecified atom stereocenters. The number of carbonyl (C=O) groups is 1. The van der Waals surface area contributed by atoms with Crippen LogP contribution in [0.3, 0.4) is 0 Å².